The van der Waals surface area contributed by atoms with E-state index < -0.39 is 11.7 Å². The van der Waals surface area contributed by atoms with Crippen LogP contribution in [0.1, 0.15) is 28.8 Å². The molecule has 1 aliphatic rings. The topological polar surface area (TPSA) is 107 Å². The summed E-state index contributed by atoms with van der Waals surface area (Å²) in [5, 5.41) is 9.67. The van der Waals surface area contributed by atoms with Gasteiger partial charge in [0.1, 0.15) is 35.8 Å². The summed E-state index contributed by atoms with van der Waals surface area (Å²) in [6.45, 7) is 1.94. The Morgan fingerprint density at radius 2 is 1.29 bits per heavy atom. The van der Waals surface area contributed by atoms with Gasteiger partial charge in [-0.05, 0) is 41.3 Å². The Hall–Kier alpha value is -5.13. The lowest BCUT2D eigenvalue weighted by atomic mass is 9.80. The van der Waals surface area contributed by atoms with Gasteiger partial charge >= 0.3 is 5.63 Å². The molecule has 51 heavy (non-hydrogen) atoms. The minimum atomic E-state index is -0.444. The molecule has 5 atom stereocenters. The first-order chi connectivity index (χ1) is 25.1. The summed E-state index contributed by atoms with van der Waals surface area (Å²) in [4.78, 5) is 11.7. The molecule has 1 fully saturated rings. The van der Waals surface area contributed by atoms with Crippen LogP contribution in [-0.4, -0.2) is 46.5 Å². The molecule has 4 aromatic carbocycles. The van der Waals surface area contributed by atoms with Crippen LogP contribution < -0.4 is 10.4 Å². The van der Waals surface area contributed by atoms with E-state index in [2.05, 4.69) is 46.7 Å². The monoisotopic (exact) mass is 687 g/mol. The van der Waals surface area contributed by atoms with Crippen molar-refractivity contribution in [2.75, 3.05) is 7.11 Å². The maximum Gasteiger partial charge on any atom is 0.336 e. The molecule has 10 heteroatoms. The normalized spacial score (nSPS) is 20.4. The van der Waals surface area contributed by atoms with Crippen molar-refractivity contribution < 1.29 is 28.1 Å². The van der Waals surface area contributed by atoms with E-state index in [1.807, 2.05) is 77.6 Å². The van der Waals surface area contributed by atoms with Crippen molar-refractivity contribution in [3.8, 4) is 5.75 Å². The maximum absolute atomic E-state index is 11.7. The lowest BCUT2D eigenvalue weighted by molar-refractivity contribution is -0.225. The van der Waals surface area contributed by atoms with E-state index >= 15 is 0 Å². The number of ether oxygens (including phenoxy) is 5. The third-order valence-corrected chi connectivity index (χ3v) is 9.16. The fraction of sp³-hybridized carbons (Fsp3) is 0.293. The van der Waals surface area contributed by atoms with E-state index in [1.165, 1.54) is 6.07 Å². The van der Waals surface area contributed by atoms with E-state index in [0.29, 0.717) is 49.8 Å². The zero-order valence-electron chi connectivity index (χ0n) is 28.5. The molecule has 0 bridgehead atoms. The molecule has 2 aromatic heterocycles. The van der Waals surface area contributed by atoms with Crippen LogP contribution in [0, 0.1) is 5.92 Å². The molecule has 10 nitrogen and oxygen atoms in total. The van der Waals surface area contributed by atoms with Crippen molar-refractivity contribution >= 4 is 11.0 Å². The van der Waals surface area contributed by atoms with Crippen molar-refractivity contribution in [3.63, 3.8) is 0 Å². The number of nitrogens with zero attached hydrogens (tertiary/aromatic N) is 3. The van der Waals surface area contributed by atoms with Crippen LogP contribution in [-0.2, 0) is 51.9 Å². The first kappa shape index (κ1) is 34.3. The molecular weight excluding hydrogens is 646 g/mol. The molecule has 6 aromatic rings. The second kappa shape index (κ2) is 16.7. The van der Waals surface area contributed by atoms with Crippen LogP contribution in [0.15, 0.2) is 137 Å². The Bertz CT molecular complexity index is 2020. The Morgan fingerprint density at radius 1 is 0.706 bits per heavy atom. The Labute approximate surface area is 296 Å². The van der Waals surface area contributed by atoms with Gasteiger partial charge in [0.2, 0.25) is 0 Å². The van der Waals surface area contributed by atoms with Crippen molar-refractivity contribution in [1.82, 2.24) is 15.0 Å². The van der Waals surface area contributed by atoms with Crippen molar-refractivity contribution in [3.05, 3.63) is 160 Å². The molecule has 5 unspecified atom stereocenters. The van der Waals surface area contributed by atoms with Gasteiger partial charge in [-0.2, -0.15) is 0 Å². The molecule has 7 rings (SSSR count). The van der Waals surface area contributed by atoms with Gasteiger partial charge < -0.3 is 28.1 Å². The predicted molar refractivity (Wildman–Crippen MR) is 191 cm³/mol. The average molecular weight is 688 g/mol. The molecule has 1 saturated carbocycles. The van der Waals surface area contributed by atoms with Crippen LogP contribution >= 0.6 is 0 Å². The Balaban J connectivity index is 1.12. The fourth-order valence-electron chi connectivity index (χ4n) is 6.59. The molecule has 0 aliphatic heterocycles. The second-order valence-electron chi connectivity index (χ2n) is 12.7. The number of benzene rings is 4. The van der Waals surface area contributed by atoms with Crippen molar-refractivity contribution in [2.24, 2.45) is 5.92 Å². The fourth-order valence-corrected chi connectivity index (χ4v) is 6.59. The largest absolute Gasteiger partial charge is 0.487 e. The van der Waals surface area contributed by atoms with Crippen molar-refractivity contribution in [2.45, 2.75) is 63.8 Å². The van der Waals surface area contributed by atoms with Gasteiger partial charge in [0.15, 0.2) is 0 Å². The summed E-state index contributed by atoms with van der Waals surface area (Å²) < 4.78 is 39.5. The zero-order valence-corrected chi connectivity index (χ0v) is 28.5. The number of hydrogen-bond acceptors (Lipinski definition) is 9. The summed E-state index contributed by atoms with van der Waals surface area (Å²) in [5.74, 6) is 0.519. The first-order valence-corrected chi connectivity index (χ1v) is 17.2. The number of aromatic nitrogens is 3. The van der Waals surface area contributed by atoms with Crippen molar-refractivity contribution in [1.29, 1.82) is 0 Å². The van der Waals surface area contributed by atoms with E-state index in [9.17, 15) is 4.79 Å². The summed E-state index contributed by atoms with van der Waals surface area (Å²) in [5.41, 5.74) is 3.92. The summed E-state index contributed by atoms with van der Waals surface area (Å²) in [6, 6.07) is 38.9. The van der Waals surface area contributed by atoms with Crippen LogP contribution in [0.2, 0.25) is 0 Å². The first-order valence-electron chi connectivity index (χ1n) is 17.2. The van der Waals surface area contributed by atoms with Crippen LogP contribution in [0.25, 0.3) is 11.0 Å². The molecule has 2 heterocycles. The molecule has 262 valence electrons. The smallest absolute Gasteiger partial charge is 0.336 e. The SMILES string of the molecule is COC1CC(Cn2cc(COc3ccc4ccc(=O)oc4c3)nn2)C(OCc2ccccc2)C(OCc2ccccc2)C1OCc1ccccc1. The molecule has 0 N–H and O–H groups in total. The molecule has 0 spiro atoms. The highest BCUT2D eigenvalue weighted by atomic mass is 16.6. The number of fused-ring (bicyclic) bond motifs is 1. The van der Waals surface area contributed by atoms with Crippen LogP contribution in [0.4, 0.5) is 0 Å². The van der Waals surface area contributed by atoms with Gasteiger partial charge in [0.05, 0.1) is 38.2 Å². The second-order valence-corrected chi connectivity index (χ2v) is 12.7. The number of methoxy groups -OCH3 is 1. The minimum Gasteiger partial charge on any atom is -0.487 e. The molecule has 0 saturated heterocycles. The highest BCUT2D eigenvalue weighted by Gasteiger charge is 2.47. The quantitative estimate of drug-likeness (QED) is 0.108. The van der Waals surface area contributed by atoms with Gasteiger partial charge in [0.25, 0.3) is 0 Å². The third-order valence-electron chi connectivity index (χ3n) is 9.16. The van der Waals surface area contributed by atoms with E-state index in [-0.39, 0.29) is 30.8 Å². The van der Waals surface area contributed by atoms with Gasteiger partial charge in [-0.25, -0.2) is 4.79 Å². The van der Waals surface area contributed by atoms with Gasteiger partial charge in [-0.3, -0.25) is 4.68 Å². The van der Waals surface area contributed by atoms with Crippen LogP contribution in [0.3, 0.4) is 0 Å². The molecule has 0 radical (unpaired) electrons. The molecule has 1 aliphatic carbocycles. The Kier molecular flexibility index (Phi) is 11.3. The van der Waals surface area contributed by atoms with E-state index in [0.717, 1.165) is 22.1 Å². The summed E-state index contributed by atoms with van der Waals surface area (Å²) in [6.07, 6.45) is 1.11. The average Bonchev–Trinajstić information content (AvgIpc) is 3.63. The van der Waals surface area contributed by atoms with Crippen LogP contribution in [0.5, 0.6) is 5.75 Å². The van der Waals surface area contributed by atoms with Gasteiger partial charge in [-0.1, -0.05) is 96.2 Å². The van der Waals surface area contributed by atoms with Gasteiger partial charge in [0, 0.05) is 37.1 Å². The lowest BCUT2D eigenvalue weighted by Crippen LogP contribution is -2.57. The molecular formula is C41H41N3O7. The highest BCUT2D eigenvalue weighted by molar-refractivity contribution is 5.77. The standard InChI is InChI=1S/C41H41N3O7/c1-46-37-21-33(23-44-24-34(42-43-44)28-47-35-19-17-32-18-20-38(45)51-36(32)22-35)39(48-25-29-11-5-2-6-12-29)41(50-27-31-15-9-4-10-16-31)40(37)49-26-30-13-7-3-8-14-30/h2-20,22,24,33,37,39-41H,21,23,25-28H2,1H3. The minimum absolute atomic E-state index is 0.0464. The van der Waals surface area contributed by atoms with Gasteiger partial charge in [-0.15, -0.1) is 5.10 Å². The maximum atomic E-state index is 11.7. The van der Waals surface area contributed by atoms with E-state index in [1.54, 1.807) is 19.2 Å². The Morgan fingerprint density at radius 3 is 1.92 bits per heavy atom. The number of rotatable bonds is 15. The van der Waals surface area contributed by atoms with E-state index in [4.69, 9.17) is 28.1 Å². The molecule has 0 amide bonds. The summed E-state index contributed by atoms with van der Waals surface area (Å²) in [7, 11) is 1.73. The highest BCUT2D eigenvalue weighted by Crippen LogP contribution is 2.36. The predicted octanol–water partition coefficient (Wildman–Crippen LogP) is 6.75. The zero-order chi connectivity index (χ0) is 34.8. The lowest BCUT2D eigenvalue weighted by Gasteiger charge is -2.45. The summed E-state index contributed by atoms with van der Waals surface area (Å²) >= 11 is 0. The third kappa shape index (κ3) is 8.97. The number of hydrogen-bond donors (Lipinski definition) is 0.